The number of aromatic nitrogens is 4. The van der Waals surface area contributed by atoms with Crippen LogP contribution in [0.15, 0.2) is 80.8 Å². The number of carbonyl (C=O) groups excluding carboxylic acids is 1. The van der Waals surface area contributed by atoms with Crippen molar-refractivity contribution >= 4 is 57.2 Å². The molecule has 10 heteroatoms. The minimum atomic E-state index is -0.611. The van der Waals surface area contributed by atoms with Gasteiger partial charge in [0.15, 0.2) is 11.6 Å². The van der Waals surface area contributed by atoms with E-state index in [-0.39, 0.29) is 69.1 Å². The van der Waals surface area contributed by atoms with Crippen LogP contribution in [0.4, 0.5) is 0 Å². The molecule has 0 atom stereocenters. The second kappa shape index (κ2) is 12.9. The molecule has 1 aliphatic rings. The molecular weight excluding hydrogens is 583 g/mol. The second-order valence-corrected chi connectivity index (χ2v) is 11.5. The fourth-order valence-corrected chi connectivity index (χ4v) is 5.72. The number of nitrogens with one attached hydrogen (secondary N) is 1. The molecule has 5 aromatic rings. The summed E-state index contributed by atoms with van der Waals surface area (Å²) < 4.78 is 12.3. The summed E-state index contributed by atoms with van der Waals surface area (Å²) in [6.45, 7) is 7.67. The molecule has 219 valence electrons. The van der Waals surface area contributed by atoms with E-state index < -0.39 is 11.4 Å². The Kier molecular flexibility index (Phi) is 9.38. The molecule has 0 saturated carbocycles. The van der Waals surface area contributed by atoms with Gasteiger partial charge in [-0.2, -0.15) is 0 Å². The summed E-state index contributed by atoms with van der Waals surface area (Å²) in [5.41, 5.74) is 5.28. The van der Waals surface area contributed by atoms with Crippen molar-refractivity contribution in [1.82, 2.24) is 19.7 Å². The number of Topliss-reactive ketones (excluding diaryl/α,β-unsaturated/α-hetero) is 1. The predicted octanol–water partition coefficient (Wildman–Crippen LogP) is 5.46. The minimum Gasteiger partial charge on any atom is -0.487 e. The Morgan fingerprint density at radius 1 is 0.955 bits per heavy atom. The van der Waals surface area contributed by atoms with Crippen molar-refractivity contribution in [2.45, 2.75) is 59.0 Å². The van der Waals surface area contributed by atoms with Gasteiger partial charge in [-0.25, -0.2) is 9.78 Å². The number of aryl methyl sites for hydroxylation is 2. The third kappa shape index (κ3) is 6.36. The Morgan fingerprint density at radius 3 is 2.36 bits per heavy atom. The summed E-state index contributed by atoms with van der Waals surface area (Å²) in [4.78, 5) is 46.0. The fraction of sp³-hybridized carbons (Fsp3) is 0.265. The van der Waals surface area contributed by atoms with Crippen LogP contribution in [0.25, 0.3) is 28.2 Å². The number of carbonyl (C=O) groups is 1. The molecule has 0 aliphatic carbocycles. The van der Waals surface area contributed by atoms with Gasteiger partial charge in [0.05, 0.1) is 23.4 Å². The van der Waals surface area contributed by atoms with E-state index in [0.717, 1.165) is 34.4 Å². The Labute approximate surface area is 297 Å². The third-order valence-electron chi connectivity index (χ3n) is 7.68. The molecule has 3 heterocycles. The minimum absolute atomic E-state index is 0. The largest absolute Gasteiger partial charge is 0.487 e. The second-order valence-electron chi connectivity index (χ2n) is 11.5. The molecule has 0 bridgehead atoms. The van der Waals surface area contributed by atoms with Gasteiger partial charge in [-0.15, -0.1) is 0 Å². The summed E-state index contributed by atoms with van der Waals surface area (Å²) in [5.74, 6) is 0.840. The third-order valence-corrected chi connectivity index (χ3v) is 7.68. The number of nitrogens with zero attached hydrogens (tertiary/aromatic N) is 3. The first-order chi connectivity index (χ1) is 20.6. The summed E-state index contributed by atoms with van der Waals surface area (Å²) in [5, 5.41) is 3.84. The monoisotopic (exact) mass is 615 g/mol. The molecule has 2 aromatic heterocycles. The normalized spacial score (nSPS) is 13.6. The van der Waals surface area contributed by atoms with Crippen molar-refractivity contribution in [2.24, 2.45) is 0 Å². The molecule has 6 rings (SSSR count). The quantitative estimate of drug-likeness (QED) is 0.242. The van der Waals surface area contributed by atoms with Crippen LogP contribution in [0.1, 0.15) is 66.6 Å². The van der Waals surface area contributed by atoms with Crippen LogP contribution in [-0.2, 0) is 12.8 Å². The predicted molar refractivity (Wildman–Crippen MR) is 169 cm³/mol. The number of hydrogen-bond donors (Lipinski definition) is 1. The van der Waals surface area contributed by atoms with Crippen LogP contribution in [0.5, 0.6) is 5.75 Å². The van der Waals surface area contributed by atoms with Crippen molar-refractivity contribution in [3.8, 4) is 34.0 Å². The zero-order chi connectivity index (χ0) is 30.3. The van der Waals surface area contributed by atoms with Gasteiger partial charge in [-0.1, -0.05) is 67.0 Å². The summed E-state index contributed by atoms with van der Waals surface area (Å²) in [7, 11) is 0. The average Bonchev–Trinajstić information content (AvgIpc) is 3.41. The van der Waals surface area contributed by atoms with E-state index in [1.165, 1.54) is 0 Å². The van der Waals surface area contributed by atoms with Crippen LogP contribution in [0.3, 0.4) is 0 Å². The van der Waals surface area contributed by atoms with E-state index in [1.807, 2.05) is 69.3 Å². The van der Waals surface area contributed by atoms with Gasteiger partial charge in [0, 0.05) is 68.9 Å². The SMILES string of the molecule is CCCc1nc(C)n(-c2ccc3c(c2)C(=O)CC(C)(C)O3)c(=O)c1Cc1ccc(-c2ccccc2-c2noc(=O)[nH]2)cc1.[K]. The Bertz CT molecular complexity index is 1970. The maximum Gasteiger partial charge on any atom is 0.439 e. The van der Waals surface area contributed by atoms with Crippen molar-refractivity contribution in [3.63, 3.8) is 0 Å². The number of aromatic amines is 1. The molecule has 0 unspecified atom stereocenters. The Hall–Kier alpha value is -3.41. The van der Waals surface area contributed by atoms with Crippen molar-refractivity contribution in [1.29, 1.82) is 0 Å². The number of hydrogen-bond acceptors (Lipinski definition) is 7. The van der Waals surface area contributed by atoms with E-state index in [2.05, 4.69) is 17.1 Å². The number of rotatable bonds is 7. The molecule has 1 N–H and O–H groups in total. The molecule has 0 saturated heterocycles. The molecule has 9 nitrogen and oxygen atoms in total. The summed E-state index contributed by atoms with van der Waals surface area (Å²) >= 11 is 0. The van der Waals surface area contributed by atoms with E-state index in [4.69, 9.17) is 14.2 Å². The van der Waals surface area contributed by atoms with E-state index in [0.29, 0.717) is 47.1 Å². The van der Waals surface area contributed by atoms with Crippen molar-refractivity contribution in [2.75, 3.05) is 0 Å². The molecule has 3 aromatic carbocycles. The van der Waals surface area contributed by atoms with E-state index in [9.17, 15) is 14.4 Å². The Balaban J connectivity index is 0.00000384. The van der Waals surface area contributed by atoms with Gasteiger partial charge in [-0.05, 0) is 62.1 Å². The van der Waals surface area contributed by atoms with Crippen LogP contribution in [-0.4, -0.2) is 82.5 Å². The zero-order valence-electron chi connectivity index (χ0n) is 25.6. The topological polar surface area (TPSA) is 120 Å². The van der Waals surface area contributed by atoms with Crippen LogP contribution in [0, 0.1) is 6.92 Å². The van der Waals surface area contributed by atoms with Gasteiger partial charge >= 0.3 is 5.76 Å². The fourth-order valence-electron chi connectivity index (χ4n) is 5.72. The summed E-state index contributed by atoms with van der Waals surface area (Å²) in [6.07, 6.45) is 2.21. The number of benzene rings is 3. The molecule has 0 amide bonds. The van der Waals surface area contributed by atoms with Crippen LogP contribution < -0.4 is 16.1 Å². The van der Waals surface area contributed by atoms with Gasteiger partial charge in [0.1, 0.15) is 17.2 Å². The maximum absolute atomic E-state index is 14.1. The maximum atomic E-state index is 14.1. The molecule has 0 fully saturated rings. The summed E-state index contributed by atoms with van der Waals surface area (Å²) in [6, 6.07) is 20.9. The first-order valence-electron chi connectivity index (χ1n) is 14.4. The smallest absolute Gasteiger partial charge is 0.439 e. The van der Waals surface area contributed by atoms with Crippen LogP contribution in [0.2, 0.25) is 0 Å². The van der Waals surface area contributed by atoms with Gasteiger partial charge in [-0.3, -0.25) is 23.7 Å². The van der Waals surface area contributed by atoms with E-state index >= 15 is 0 Å². The first kappa shape index (κ1) is 32.0. The number of ether oxygens (including phenoxy) is 1. The molecule has 1 aliphatic heterocycles. The number of fused-ring (bicyclic) bond motifs is 1. The van der Waals surface area contributed by atoms with Gasteiger partial charge in [0.2, 0.25) is 0 Å². The number of ketones is 1. The van der Waals surface area contributed by atoms with Gasteiger partial charge in [0.25, 0.3) is 5.56 Å². The molecular formula is C34H32KN4O5. The first-order valence-corrected chi connectivity index (χ1v) is 14.4. The van der Waals surface area contributed by atoms with Crippen molar-refractivity contribution in [3.05, 3.63) is 116 Å². The zero-order valence-corrected chi connectivity index (χ0v) is 28.7. The van der Waals surface area contributed by atoms with Gasteiger partial charge < -0.3 is 4.74 Å². The Morgan fingerprint density at radius 2 is 1.68 bits per heavy atom. The van der Waals surface area contributed by atoms with Crippen LogP contribution >= 0.6 is 0 Å². The van der Waals surface area contributed by atoms with Crippen molar-refractivity contribution < 1.29 is 14.1 Å². The molecule has 0 spiro atoms. The number of H-pyrrole nitrogens is 1. The van der Waals surface area contributed by atoms with E-state index in [1.54, 1.807) is 22.8 Å². The standard InChI is InChI=1S/C34H32N4O5.K/c1-5-8-28-26(17-21-11-13-22(14-12-21)24-9-6-7-10-25(24)31-36-33(41)43-37-31)32(40)38(20(2)35-28)23-15-16-30-27(18-23)29(39)19-34(3,4)42-30;/h6-7,9-16,18H,5,8,17,19H2,1-4H3,(H,36,37,41);. The molecule has 1 radical (unpaired) electrons. The average molecular weight is 616 g/mol. The molecule has 44 heavy (non-hydrogen) atoms.